The second kappa shape index (κ2) is 5.53. The molecule has 1 aromatic rings. The third-order valence-corrected chi connectivity index (χ3v) is 2.61. The minimum atomic E-state index is -0.651. The molecule has 0 saturated heterocycles. The molecule has 0 N–H and O–H groups in total. The molecule has 6 nitrogen and oxygen atoms in total. The highest BCUT2D eigenvalue weighted by atomic mass is 79.9. The maximum Gasteiger partial charge on any atom is 0.273 e. The van der Waals surface area contributed by atoms with Crippen LogP contribution in [0.5, 0.6) is 5.75 Å². The van der Waals surface area contributed by atoms with Gasteiger partial charge in [0.05, 0.1) is 29.0 Å². The average molecular weight is 302 g/mol. The molecule has 0 aliphatic carbocycles. The van der Waals surface area contributed by atoms with Crippen LogP contribution in [-0.2, 0) is 0 Å². The molecule has 0 amide bonds. The number of hydrogen-bond donors (Lipinski definition) is 0. The Balaban J connectivity index is 3.53. The Hall–Kier alpha value is -1.76. The van der Waals surface area contributed by atoms with Gasteiger partial charge in [-0.2, -0.15) is 0 Å². The van der Waals surface area contributed by atoms with Crippen LogP contribution in [0, 0.1) is 10.1 Å². The van der Waals surface area contributed by atoms with Crippen molar-refractivity contribution < 1.29 is 19.2 Å². The van der Waals surface area contributed by atoms with E-state index in [-0.39, 0.29) is 27.9 Å². The highest BCUT2D eigenvalue weighted by Crippen LogP contribution is 2.28. The van der Waals surface area contributed by atoms with Crippen LogP contribution < -0.4 is 4.74 Å². The zero-order valence-corrected chi connectivity index (χ0v) is 10.4. The van der Waals surface area contributed by atoms with E-state index in [1.54, 1.807) is 0 Å². The van der Waals surface area contributed by atoms with E-state index in [1.165, 1.54) is 7.11 Å². The van der Waals surface area contributed by atoms with Crippen molar-refractivity contribution in [2.45, 2.75) is 0 Å². The molecule has 0 radical (unpaired) electrons. The van der Waals surface area contributed by atoms with Gasteiger partial charge in [-0.15, -0.1) is 0 Å². The van der Waals surface area contributed by atoms with Gasteiger partial charge in [-0.25, -0.2) is 0 Å². The summed E-state index contributed by atoms with van der Waals surface area (Å²) in [4.78, 5) is 32.5. The number of nitrogens with zero attached hydrogens (tertiary/aromatic N) is 1. The maximum absolute atomic E-state index is 11.6. The monoisotopic (exact) mass is 301 g/mol. The number of non-ortho nitro benzene ring substituents is 1. The minimum absolute atomic E-state index is 0.0125. The molecule has 0 unspecified atom stereocenters. The maximum atomic E-state index is 11.6. The number of nitro groups is 1. The summed E-state index contributed by atoms with van der Waals surface area (Å²) < 4.78 is 4.86. The molecular formula is C10H8BrNO5. The third-order valence-electron chi connectivity index (χ3n) is 2.10. The Kier molecular flexibility index (Phi) is 4.33. The Labute approximate surface area is 105 Å². The number of aldehydes is 1. The molecule has 0 heterocycles. The van der Waals surface area contributed by atoms with Gasteiger partial charge in [-0.1, -0.05) is 15.9 Å². The fraction of sp³-hybridized carbons (Fsp3) is 0.200. The zero-order valence-electron chi connectivity index (χ0n) is 8.81. The molecule has 0 bridgehead atoms. The van der Waals surface area contributed by atoms with Crippen molar-refractivity contribution in [3.63, 3.8) is 0 Å². The molecule has 1 rings (SSSR count). The van der Waals surface area contributed by atoms with Crippen molar-refractivity contribution >= 4 is 33.7 Å². The van der Waals surface area contributed by atoms with Crippen LogP contribution in [0.25, 0.3) is 0 Å². The predicted molar refractivity (Wildman–Crippen MR) is 63.2 cm³/mol. The smallest absolute Gasteiger partial charge is 0.273 e. The van der Waals surface area contributed by atoms with Crippen LogP contribution in [0.15, 0.2) is 12.1 Å². The minimum Gasteiger partial charge on any atom is -0.496 e. The summed E-state index contributed by atoms with van der Waals surface area (Å²) in [6, 6.07) is 2.17. The van der Waals surface area contributed by atoms with Gasteiger partial charge < -0.3 is 4.74 Å². The molecule has 1 aromatic carbocycles. The number of carbonyl (C=O) groups is 2. The van der Waals surface area contributed by atoms with Crippen LogP contribution in [0.2, 0.25) is 0 Å². The Morgan fingerprint density at radius 3 is 2.65 bits per heavy atom. The molecule has 90 valence electrons. The van der Waals surface area contributed by atoms with Crippen molar-refractivity contribution in [3.05, 3.63) is 33.4 Å². The number of halogens is 1. The molecule has 0 aliphatic heterocycles. The van der Waals surface area contributed by atoms with Gasteiger partial charge in [0.25, 0.3) is 5.69 Å². The van der Waals surface area contributed by atoms with E-state index in [4.69, 9.17) is 4.74 Å². The van der Waals surface area contributed by atoms with E-state index in [0.717, 1.165) is 12.1 Å². The standard InChI is InChI=1S/C10H8BrNO5/c1-17-10-3-6(12(15)16)2-7(8(10)5-13)9(14)4-11/h2-3,5H,4H2,1H3. The number of carbonyl (C=O) groups excluding carboxylic acids is 2. The fourth-order valence-electron chi connectivity index (χ4n) is 1.31. The van der Waals surface area contributed by atoms with E-state index < -0.39 is 10.7 Å². The van der Waals surface area contributed by atoms with Crippen molar-refractivity contribution in [1.82, 2.24) is 0 Å². The first-order valence-corrected chi connectivity index (χ1v) is 5.58. The van der Waals surface area contributed by atoms with Crippen LogP contribution in [0.3, 0.4) is 0 Å². The number of hydrogen-bond acceptors (Lipinski definition) is 5. The molecule has 7 heteroatoms. The Bertz CT molecular complexity index is 486. The molecular weight excluding hydrogens is 294 g/mol. The van der Waals surface area contributed by atoms with Gasteiger partial charge in [0, 0.05) is 11.6 Å². The summed E-state index contributed by atoms with van der Waals surface area (Å²) in [6.45, 7) is 0. The lowest BCUT2D eigenvalue weighted by Gasteiger charge is -2.07. The van der Waals surface area contributed by atoms with E-state index in [1.807, 2.05) is 0 Å². The highest BCUT2D eigenvalue weighted by molar-refractivity contribution is 9.09. The van der Waals surface area contributed by atoms with Gasteiger partial charge in [0.2, 0.25) is 0 Å². The second-order valence-corrected chi connectivity index (χ2v) is 3.60. The number of nitro benzene ring substituents is 1. The summed E-state index contributed by atoms with van der Waals surface area (Å²) in [6.07, 6.45) is 0.443. The first-order chi connectivity index (χ1) is 8.04. The number of benzene rings is 1. The zero-order chi connectivity index (χ0) is 13.0. The molecule has 17 heavy (non-hydrogen) atoms. The molecule has 0 saturated carbocycles. The van der Waals surface area contributed by atoms with Crippen molar-refractivity contribution in [1.29, 1.82) is 0 Å². The molecule has 0 aromatic heterocycles. The summed E-state index contributed by atoms with van der Waals surface area (Å²) >= 11 is 2.95. The van der Waals surface area contributed by atoms with E-state index in [0.29, 0.717) is 6.29 Å². The van der Waals surface area contributed by atoms with Crippen molar-refractivity contribution in [3.8, 4) is 5.75 Å². The highest BCUT2D eigenvalue weighted by Gasteiger charge is 2.20. The lowest BCUT2D eigenvalue weighted by Crippen LogP contribution is -2.07. The van der Waals surface area contributed by atoms with Gasteiger partial charge in [0.15, 0.2) is 12.1 Å². The molecule has 0 spiro atoms. The van der Waals surface area contributed by atoms with Crippen molar-refractivity contribution in [2.24, 2.45) is 0 Å². The van der Waals surface area contributed by atoms with E-state index in [2.05, 4.69) is 15.9 Å². The number of ether oxygens (including phenoxy) is 1. The van der Waals surface area contributed by atoms with Gasteiger partial charge in [0.1, 0.15) is 5.75 Å². The summed E-state index contributed by atoms with van der Waals surface area (Å²) in [5, 5.41) is 10.6. The number of methoxy groups -OCH3 is 1. The van der Waals surface area contributed by atoms with Gasteiger partial charge in [-0.3, -0.25) is 19.7 Å². The number of Topliss-reactive ketones (excluding diaryl/α,β-unsaturated/α-hetero) is 1. The van der Waals surface area contributed by atoms with Gasteiger partial charge in [-0.05, 0) is 0 Å². The van der Waals surface area contributed by atoms with Gasteiger partial charge >= 0.3 is 0 Å². The Morgan fingerprint density at radius 2 is 2.24 bits per heavy atom. The lowest BCUT2D eigenvalue weighted by atomic mass is 10.0. The van der Waals surface area contributed by atoms with E-state index >= 15 is 0 Å². The lowest BCUT2D eigenvalue weighted by molar-refractivity contribution is -0.385. The average Bonchev–Trinajstić information content (AvgIpc) is 2.35. The largest absolute Gasteiger partial charge is 0.496 e. The van der Waals surface area contributed by atoms with Crippen LogP contribution in [0.1, 0.15) is 20.7 Å². The molecule has 0 aliphatic rings. The molecule has 0 atom stereocenters. The van der Waals surface area contributed by atoms with Crippen LogP contribution >= 0.6 is 15.9 Å². The summed E-state index contributed by atoms with van der Waals surface area (Å²) in [7, 11) is 1.27. The summed E-state index contributed by atoms with van der Waals surface area (Å²) in [5.41, 5.74) is -0.303. The number of ketones is 1. The predicted octanol–water partition coefficient (Wildman–Crippen LogP) is 1.99. The number of rotatable bonds is 5. The number of alkyl halides is 1. The van der Waals surface area contributed by atoms with Crippen molar-refractivity contribution in [2.75, 3.05) is 12.4 Å². The van der Waals surface area contributed by atoms with E-state index in [9.17, 15) is 19.7 Å². The quantitative estimate of drug-likeness (QED) is 0.273. The second-order valence-electron chi connectivity index (χ2n) is 3.04. The SMILES string of the molecule is COc1cc([N+](=O)[O-])cc(C(=O)CBr)c1C=O. The third kappa shape index (κ3) is 2.68. The van der Waals surface area contributed by atoms with Crippen LogP contribution in [0.4, 0.5) is 5.69 Å². The first-order valence-electron chi connectivity index (χ1n) is 4.46. The normalized spacial score (nSPS) is 9.76. The Morgan fingerprint density at radius 1 is 1.59 bits per heavy atom. The van der Waals surface area contributed by atoms with Crippen LogP contribution in [-0.4, -0.2) is 29.4 Å². The molecule has 0 fully saturated rings. The fourth-order valence-corrected chi connectivity index (χ4v) is 1.61. The summed E-state index contributed by atoms with van der Waals surface area (Å²) in [5.74, 6) is -0.410. The topological polar surface area (TPSA) is 86.5 Å². The first kappa shape index (κ1) is 13.3.